The van der Waals surface area contributed by atoms with Gasteiger partial charge in [-0.1, -0.05) is 0 Å². The van der Waals surface area contributed by atoms with Crippen LogP contribution in [0.4, 0.5) is 5.69 Å². The summed E-state index contributed by atoms with van der Waals surface area (Å²) in [6.45, 7) is 8.63. The van der Waals surface area contributed by atoms with Crippen molar-refractivity contribution in [3.63, 3.8) is 0 Å². The number of hydrogen-bond donors (Lipinski definition) is 1. The first-order chi connectivity index (χ1) is 10.1. The van der Waals surface area contributed by atoms with E-state index in [2.05, 4.69) is 10.2 Å². The standard InChI is InChI=1S/C16H24N2O3/c1-4-20-15-7-5-14(6-8-15)17-16(19)11-18-9-12(2)21-13(3)10-18/h5-8,12-13H,4,9-11H2,1-3H3,(H,17,19)/t12-,13-/m0/s1. The van der Waals surface area contributed by atoms with Crippen LogP contribution in [0.25, 0.3) is 0 Å². The van der Waals surface area contributed by atoms with Crippen molar-refractivity contribution < 1.29 is 14.3 Å². The maximum absolute atomic E-state index is 12.1. The van der Waals surface area contributed by atoms with Gasteiger partial charge in [0, 0.05) is 18.8 Å². The second kappa shape index (κ2) is 7.43. The molecule has 1 saturated heterocycles. The summed E-state index contributed by atoms with van der Waals surface area (Å²) in [4.78, 5) is 14.2. The van der Waals surface area contributed by atoms with Gasteiger partial charge < -0.3 is 14.8 Å². The minimum atomic E-state index is 0.000426. The Morgan fingerprint density at radius 2 is 1.90 bits per heavy atom. The average Bonchev–Trinajstić information content (AvgIpc) is 2.40. The van der Waals surface area contributed by atoms with E-state index in [4.69, 9.17) is 9.47 Å². The third-order valence-corrected chi connectivity index (χ3v) is 3.31. The third-order valence-electron chi connectivity index (χ3n) is 3.31. The van der Waals surface area contributed by atoms with Crippen molar-refractivity contribution in [2.45, 2.75) is 33.0 Å². The number of rotatable bonds is 5. The Hall–Kier alpha value is -1.59. The molecular formula is C16H24N2O3. The number of carbonyl (C=O) groups is 1. The topological polar surface area (TPSA) is 50.8 Å². The number of morpholine rings is 1. The fourth-order valence-electron chi connectivity index (χ4n) is 2.62. The number of amides is 1. The molecule has 1 fully saturated rings. The molecule has 1 aromatic rings. The van der Waals surface area contributed by atoms with Crippen LogP contribution < -0.4 is 10.1 Å². The maximum Gasteiger partial charge on any atom is 0.238 e. The number of ether oxygens (including phenoxy) is 2. The summed E-state index contributed by atoms with van der Waals surface area (Å²) < 4.78 is 11.0. The molecule has 116 valence electrons. The average molecular weight is 292 g/mol. The lowest BCUT2D eigenvalue weighted by Crippen LogP contribution is -2.48. The molecule has 1 aliphatic heterocycles. The molecule has 1 N–H and O–H groups in total. The minimum absolute atomic E-state index is 0.000426. The van der Waals surface area contributed by atoms with Crippen molar-refractivity contribution in [3.8, 4) is 5.75 Å². The van der Waals surface area contributed by atoms with Gasteiger partial charge in [-0.25, -0.2) is 0 Å². The molecule has 0 unspecified atom stereocenters. The van der Waals surface area contributed by atoms with Gasteiger partial charge in [0.15, 0.2) is 0 Å². The van der Waals surface area contributed by atoms with Crippen LogP contribution >= 0.6 is 0 Å². The van der Waals surface area contributed by atoms with Crippen LogP contribution in [0.1, 0.15) is 20.8 Å². The second-order valence-corrected chi connectivity index (χ2v) is 5.46. The highest BCUT2D eigenvalue weighted by molar-refractivity contribution is 5.92. The molecule has 0 saturated carbocycles. The Bertz CT molecular complexity index is 451. The van der Waals surface area contributed by atoms with Crippen LogP contribution in [0.5, 0.6) is 5.75 Å². The molecule has 2 rings (SSSR count). The zero-order valence-electron chi connectivity index (χ0n) is 13.0. The van der Waals surface area contributed by atoms with Gasteiger partial charge in [-0.3, -0.25) is 9.69 Å². The van der Waals surface area contributed by atoms with Gasteiger partial charge >= 0.3 is 0 Å². The molecule has 1 aliphatic rings. The van der Waals surface area contributed by atoms with Crippen molar-refractivity contribution >= 4 is 11.6 Å². The first kappa shape index (κ1) is 15.8. The molecule has 1 amide bonds. The Labute approximate surface area is 126 Å². The van der Waals surface area contributed by atoms with E-state index in [1.807, 2.05) is 45.0 Å². The summed E-state index contributed by atoms with van der Waals surface area (Å²) in [5, 5.41) is 2.91. The van der Waals surface area contributed by atoms with Crippen LogP contribution in [0.2, 0.25) is 0 Å². The van der Waals surface area contributed by atoms with Gasteiger partial charge in [-0.15, -0.1) is 0 Å². The molecule has 0 aromatic heterocycles. The van der Waals surface area contributed by atoms with Gasteiger partial charge in [-0.2, -0.15) is 0 Å². The van der Waals surface area contributed by atoms with Crippen molar-refractivity contribution in [1.82, 2.24) is 4.90 Å². The lowest BCUT2D eigenvalue weighted by atomic mass is 10.2. The molecule has 1 aromatic carbocycles. The van der Waals surface area contributed by atoms with E-state index in [0.29, 0.717) is 13.2 Å². The number of nitrogens with zero attached hydrogens (tertiary/aromatic N) is 1. The molecule has 21 heavy (non-hydrogen) atoms. The molecule has 1 heterocycles. The van der Waals surface area contributed by atoms with Gasteiger partial charge in [0.05, 0.1) is 25.4 Å². The summed E-state index contributed by atoms with van der Waals surface area (Å²) in [7, 11) is 0. The van der Waals surface area contributed by atoms with Gasteiger partial charge in [-0.05, 0) is 45.0 Å². The first-order valence-corrected chi connectivity index (χ1v) is 7.47. The van der Waals surface area contributed by atoms with Gasteiger partial charge in [0.1, 0.15) is 5.75 Å². The zero-order chi connectivity index (χ0) is 15.2. The van der Waals surface area contributed by atoms with E-state index < -0.39 is 0 Å². The molecule has 5 heteroatoms. The predicted molar refractivity (Wildman–Crippen MR) is 82.7 cm³/mol. The number of anilines is 1. The molecule has 0 radical (unpaired) electrons. The fraction of sp³-hybridized carbons (Fsp3) is 0.562. The van der Waals surface area contributed by atoms with Crippen molar-refractivity contribution in [2.75, 3.05) is 31.6 Å². The van der Waals surface area contributed by atoms with Crippen LogP contribution in [0.15, 0.2) is 24.3 Å². The SMILES string of the molecule is CCOc1ccc(NC(=O)CN2C[C@H](C)O[C@@H](C)C2)cc1. The highest BCUT2D eigenvalue weighted by atomic mass is 16.5. The van der Waals surface area contributed by atoms with Gasteiger partial charge in [0.25, 0.3) is 0 Å². The summed E-state index contributed by atoms with van der Waals surface area (Å²) >= 11 is 0. The lowest BCUT2D eigenvalue weighted by Gasteiger charge is -2.34. The molecule has 0 bridgehead atoms. The van der Waals surface area contributed by atoms with E-state index in [-0.39, 0.29) is 18.1 Å². The number of carbonyl (C=O) groups excluding carboxylic acids is 1. The maximum atomic E-state index is 12.1. The summed E-state index contributed by atoms with van der Waals surface area (Å²) in [5.74, 6) is 0.812. The van der Waals surface area contributed by atoms with Crippen molar-refractivity contribution in [3.05, 3.63) is 24.3 Å². The zero-order valence-corrected chi connectivity index (χ0v) is 13.0. The summed E-state index contributed by atoms with van der Waals surface area (Å²) in [5.41, 5.74) is 0.790. The van der Waals surface area contributed by atoms with Crippen LogP contribution in [-0.2, 0) is 9.53 Å². The van der Waals surface area contributed by atoms with Crippen molar-refractivity contribution in [2.24, 2.45) is 0 Å². The normalized spacial score (nSPS) is 22.8. The second-order valence-electron chi connectivity index (χ2n) is 5.46. The van der Waals surface area contributed by atoms with Gasteiger partial charge in [0.2, 0.25) is 5.91 Å². The van der Waals surface area contributed by atoms with Crippen molar-refractivity contribution in [1.29, 1.82) is 0 Å². The highest BCUT2D eigenvalue weighted by Gasteiger charge is 2.23. The Morgan fingerprint density at radius 3 is 2.48 bits per heavy atom. The van der Waals surface area contributed by atoms with Crippen LogP contribution in [0, 0.1) is 0 Å². The number of nitrogens with one attached hydrogen (secondary N) is 1. The fourth-order valence-corrected chi connectivity index (χ4v) is 2.62. The molecule has 5 nitrogen and oxygen atoms in total. The Balaban J connectivity index is 1.83. The van der Waals surface area contributed by atoms with E-state index in [1.54, 1.807) is 0 Å². The minimum Gasteiger partial charge on any atom is -0.494 e. The third kappa shape index (κ3) is 5.02. The predicted octanol–water partition coefficient (Wildman–Crippen LogP) is 2.13. The molecule has 0 spiro atoms. The highest BCUT2D eigenvalue weighted by Crippen LogP contribution is 2.16. The van der Waals surface area contributed by atoms with Crippen LogP contribution in [0.3, 0.4) is 0 Å². The van der Waals surface area contributed by atoms with E-state index in [1.165, 1.54) is 0 Å². The summed E-state index contributed by atoms with van der Waals surface area (Å²) in [6, 6.07) is 7.43. The largest absolute Gasteiger partial charge is 0.494 e. The quantitative estimate of drug-likeness (QED) is 0.903. The smallest absolute Gasteiger partial charge is 0.238 e. The van der Waals surface area contributed by atoms with E-state index >= 15 is 0 Å². The van der Waals surface area contributed by atoms with E-state index in [9.17, 15) is 4.79 Å². The lowest BCUT2D eigenvalue weighted by molar-refractivity contribution is -0.121. The molecule has 2 atom stereocenters. The molecule has 0 aliphatic carbocycles. The van der Waals surface area contributed by atoms with E-state index in [0.717, 1.165) is 24.5 Å². The Morgan fingerprint density at radius 1 is 1.29 bits per heavy atom. The summed E-state index contributed by atoms with van der Waals surface area (Å²) in [6.07, 6.45) is 0.346. The Kier molecular flexibility index (Phi) is 5.59. The molecular weight excluding hydrogens is 268 g/mol. The number of hydrogen-bond acceptors (Lipinski definition) is 4. The first-order valence-electron chi connectivity index (χ1n) is 7.47. The van der Waals surface area contributed by atoms with Crippen LogP contribution in [-0.4, -0.2) is 49.3 Å². The monoisotopic (exact) mass is 292 g/mol. The number of benzene rings is 1.